The van der Waals surface area contributed by atoms with E-state index in [1.165, 1.54) is 6.42 Å². The van der Waals surface area contributed by atoms with Crippen molar-refractivity contribution < 1.29 is 4.74 Å². The molecule has 0 rings (SSSR count). The molecule has 104 valence electrons. The summed E-state index contributed by atoms with van der Waals surface area (Å²) in [6, 6.07) is 0.407. The highest BCUT2D eigenvalue weighted by molar-refractivity contribution is 4.98. The minimum absolute atomic E-state index is 0.0256. The van der Waals surface area contributed by atoms with Gasteiger partial charge in [-0.05, 0) is 38.1 Å². The highest BCUT2D eigenvalue weighted by atomic mass is 16.5. The Kier molecular flexibility index (Phi) is 7.34. The highest BCUT2D eigenvalue weighted by Crippen LogP contribution is 2.35. The summed E-state index contributed by atoms with van der Waals surface area (Å²) < 4.78 is 6.15. The Labute approximate surface area is 109 Å². The summed E-state index contributed by atoms with van der Waals surface area (Å²) in [5.41, 5.74) is 0.193. The Bertz CT molecular complexity index is 192. The Morgan fingerprint density at radius 3 is 1.82 bits per heavy atom. The van der Waals surface area contributed by atoms with E-state index in [-0.39, 0.29) is 11.0 Å². The van der Waals surface area contributed by atoms with Gasteiger partial charge in [0.25, 0.3) is 0 Å². The van der Waals surface area contributed by atoms with Crippen LogP contribution in [0, 0.1) is 5.41 Å². The normalized spacial score (nSPS) is 15.0. The second-order valence-electron chi connectivity index (χ2n) is 5.96. The van der Waals surface area contributed by atoms with Crippen LogP contribution in [0.15, 0.2) is 0 Å². The zero-order chi connectivity index (χ0) is 13.5. The van der Waals surface area contributed by atoms with Crippen molar-refractivity contribution in [3.63, 3.8) is 0 Å². The third kappa shape index (κ3) is 4.59. The quantitative estimate of drug-likeness (QED) is 0.696. The molecule has 2 heteroatoms. The topological polar surface area (TPSA) is 21.3 Å². The zero-order valence-electron chi connectivity index (χ0n) is 13.0. The molecule has 0 bridgehead atoms. The van der Waals surface area contributed by atoms with Gasteiger partial charge < -0.3 is 10.1 Å². The first-order valence-corrected chi connectivity index (χ1v) is 7.25. The molecule has 2 nitrogen and oxygen atoms in total. The molecule has 1 unspecified atom stereocenters. The number of rotatable bonds is 8. The van der Waals surface area contributed by atoms with Crippen molar-refractivity contribution in [2.45, 2.75) is 79.4 Å². The molecule has 0 spiro atoms. The first-order valence-electron chi connectivity index (χ1n) is 7.25. The fraction of sp³-hybridized carbons (Fsp3) is 1.00. The van der Waals surface area contributed by atoms with Crippen molar-refractivity contribution in [2.24, 2.45) is 5.41 Å². The molecule has 0 aromatic rings. The lowest BCUT2D eigenvalue weighted by Gasteiger charge is -2.46. The van der Waals surface area contributed by atoms with Gasteiger partial charge in [0.05, 0.1) is 5.60 Å². The average Bonchev–Trinajstić information content (AvgIpc) is 2.26. The van der Waals surface area contributed by atoms with Crippen molar-refractivity contribution in [3.05, 3.63) is 0 Å². The number of ether oxygens (including phenoxy) is 1. The van der Waals surface area contributed by atoms with E-state index in [1.807, 2.05) is 0 Å². The molecular formula is C15H33NO. The number of hydrogen-bond donors (Lipinski definition) is 1. The van der Waals surface area contributed by atoms with Crippen LogP contribution in [0.4, 0.5) is 0 Å². The van der Waals surface area contributed by atoms with Gasteiger partial charge in [-0.1, -0.05) is 41.5 Å². The Hall–Kier alpha value is -0.0800. The molecule has 1 N–H and O–H groups in total. The van der Waals surface area contributed by atoms with Crippen molar-refractivity contribution in [3.8, 4) is 0 Å². The van der Waals surface area contributed by atoms with Gasteiger partial charge in [-0.25, -0.2) is 0 Å². The van der Waals surface area contributed by atoms with E-state index in [2.05, 4.69) is 53.8 Å². The van der Waals surface area contributed by atoms with E-state index in [1.54, 1.807) is 0 Å². The third-order valence-electron chi connectivity index (χ3n) is 3.62. The molecule has 0 radical (unpaired) electrons. The largest absolute Gasteiger partial charge is 0.374 e. The first kappa shape index (κ1) is 16.9. The third-order valence-corrected chi connectivity index (χ3v) is 3.62. The highest BCUT2D eigenvalue weighted by Gasteiger charge is 2.42. The summed E-state index contributed by atoms with van der Waals surface area (Å²) in [7, 11) is 0. The van der Waals surface area contributed by atoms with Crippen LogP contribution in [0.5, 0.6) is 0 Å². The van der Waals surface area contributed by atoms with Gasteiger partial charge in [0.15, 0.2) is 0 Å². The van der Waals surface area contributed by atoms with Gasteiger partial charge in [-0.3, -0.25) is 0 Å². The molecule has 0 aliphatic carbocycles. The lowest BCUT2D eigenvalue weighted by Crippen LogP contribution is -2.58. The molecule has 17 heavy (non-hydrogen) atoms. The van der Waals surface area contributed by atoms with Crippen LogP contribution in [-0.4, -0.2) is 24.8 Å². The van der Waals surface area contributed by atoms with Crippen LogP contribution in [0.25, 0.3) is 0 Å². The molecule has 0 saturated carbocycles. The maximum atomic E-state index is 6.15. The fourth-order valence-corrected chi connectivity index (χ4v) is 2.80. The van der Waals surface area contributed by atoms with Gasteiger partial charge in [0, 0.05) is 12.6 Å². The monoisotopic (exact) mass is 243 g/mol. The van der Waals surface area contributed by atoms with E-state index in [0.29, 0.717) is 6.04 Å². The van der Waals surface area contributed by atoms with E-state index in [0.717, 1.165) is 26.0 Å². The van der Waals surface area contributed by atoms with E-state index < -0.39 is 0 Å². The average molecular weight is 243 g/mol. The molecule has 0 aromatic heterocycles. The maximum Gasteiger partial charge on any atom is 0.0834 e. The standard InChI is InChI=1S/C15H33NO/c1-8-12-16-13(14(5,6)7)15(9-2,10-3)17-11-4/h13,16H,8-12H2,1-7H3. The van der Waals surface area contributed by atoms with Crippen LogP contribution in [0.3, 0.4) is 0 Å². The minimum atomic E-state index is -0.0256. The lowest BCUT2D eigenvalue weighted by atomic mass is 9.73. The molecule has 0 aliphatic rings. The molecule has 0 amide bonds. The molecule has 0 heterocycles. The molecule has 0 aliphatic heterocycles. The smallest absolute Gasteiger partial charge is 0.0834 e. The van der Waals surface area contributed by atoms with Crippen LogP contribution < -0.4 is 5.32 Å². The predicted molar refractivity (Wildman–Crippen MR) is 76.5 cm³/mol. The number of nitrogens with one attached hydrogen (secondary N) is 1. The lowest BCUT2D eigenvalue weighted by molar-refractivity contribution is -0.0964. The summed E-state index contributed by atoms with van der Waals surface area (Å²) >= 11 is 0. The van der Waals surface area contributed by atoms with E-state index in [9.17, 15) is 0 Å². The van der Waals surface area contributed by atoms with Crippen molar-refractivity contribution >= 4 is 0 Å². The SMILES string of the molecule is CCCNC(C(C)(C)C)C(CC)(CC)OCC. The van der Waals surface area contributed by atoms with Crippen molar-refractivity contribution in [1.82, 2.24) is 5.32 Å². The summed E-state index contributed by atoms with van der Waals surface area (Å²) in [4.78, 5) is 0. The predicted octanol–water partition coefficient (Wildman–Crippen LogP) is 4.00. The summed E-state index contributed by atoms with van der Waals surface area (Å²) in [5, 5.41) is 3.71. The van der Waals surface area contributed by atoms with Crippen molar-refractivity contribution in [2.75, 3.05) is 13.2 Å². The minimum Gasteiger partial charge on any atom is -0.374 e. The van der Waals surface area contributed by atoms with Gasteiger partial charge in [-0.2, -0.15) is 0 Å². The van der Waals surface area contributed by atoms with Crippen LogP contribution >= 0.6 is 0 Å². The molecule has 1 atom stereocenters. The summed E-state index contributed by atoms with van der Waals surface area (Å²) in [5.74, 6) is 0. The Morgan fingerprint density at radius 2 is 1.53 bits per heavy atom. The van der Waals surface area contributed by atoms with Gasteiger partial charge in [0.2, 0.25) is 0 Å². The molecule has 0 fully saturated rings. The molecule has 0 saturated heterocycles. The summed E-state index contributed by atoms with van der Waals surface area (Å²) in [6.45, 7) is 17.6. The summed E-state index contributed by atoms with van der Waals surface area (Å²) in [6.07, 6.45) is 3.30. The van der Waals surface area contributed by atoms with Crippen LogP contribution in [-0.2, 0) is 4.74 Å². The van der Waals surface area contributed by atoms with Gasteiger partial charge in [-0.15, -0.1) is 0 Å². The van der Waals surface area contributed by atoms with Crippen molar-refractivity contribution in [1.29, 1.82) is 0 Å². The molecule has 0 aromatic carbocycles. The first-order chi connectivity index (χ1) is 7.87. The number of hydrogen-bond acceptors (Lipinski definition) is 2. The Balaban J connectivity index is 5.05. The second-order valence-corrected chi connectivity index (χ2v) is 5.96. The fourth-order valence-electron chi connectivity index (χ4n) is 2.80. The maximum absolute atomic E-state index is 6.15. The van der Waals surface area contributed by atoms with Gasteiger partial charge in [0.1, 0.15) is 0 Å². The molecular weight excluding hydrogens is 210 g/mol. The van der Waals surface area contributed by atoms with Crippen LogP contribution in [0.1, 0.15) is 67.7 Å². The Morgan fingerprint density at radius 1 is 1.00 bits per heavy atom. The second kappa shape index (κ2) is 7.38. The van der Waals surface area contributed by atoms with Gasteiger partial charge >= 0.3 is 0 Å². The van der Waals surface area contributed by atoms with E-state index >= 15 is 0 Å². The van der Waals surface area contributed by atoms with E-state index in [4.69, 9.17) is 4.74 Å². The zero-order valence-corrected chi connectivity index (χ0v) is 13.0. The van der Waals surface area contributed by atoms with Crippen LogP contribution in [0.2, 0.25) is 0 Å².